The molecule has 2 aliphatic heterocycles. The van der Waals surface area contributed by atoms with Crippen molar-refractivity contribution < 1.29 is 23.1 Å². The van der Waals surface area contributed by atoms with Crippen LogP contribution in [0.3, 0.4) is 0 Å². The number of hydrogen-bond donors (Lipinski definition) is 1. The average molecular weight is 506 g/mol. The first kappa shape index (κ1) is 23.3. The molecule has 2 aliphatic rings. The topological polar surface area (TPSA) is 91.6 Å². The number of amides is 1. The zero-order valence-corrected chi connectivity index (χ0v) is 19.8. The number of benzene rings is 1. The molecule has 2 aromatic heterocycles. The van der Waals surface area contributed by atoms with Crippen molar-refractivity contribution in [2.24, 2.45) is 5.92 Å². The minimum Gasteiger partial charge on any atom is -0.502 e. The van der Waals surface area contributed by atoms with Crippen LogP contribution in [-0.4, -0.2) is 50.0 Å². The summed E-state index contributed by atoms with van der Waals surface area (Å²) in [6, 6.07) is 1.17. The fourth-order valence-corrected chi connectivity index (χ4v) is 5.59. The lowest BCUT2D eigenvalue weighted by Crippen LogP contribution is -2.63. The normalized spacial score (nSPS) is 19.6. The largest absolute Gasteiger partial charge is 0.502 e. The first-order valence-corrected chi connectivity index (χ1v) is 12.0. The number of pyridine rings is 1. The van der Waals surface area contributed by atoms with Crippen LogP contribution in [0.1, 0.15) is 47.7 Å². The van der Waals surface area contributed by atoms with E-state index >= 15 is 0 Å². The van der Waals surface area contributed by atoms with Gasteiger partial charge in [0.15, 0.2) is 16.5 Å². The van der Waals surface area contributed by atoms with E-state index in [0.717, 1.165) is 24.2 Å². The molecule has 0 saturated carbocycles. The first-order chi connectivity index (χ1) is 16.7. The van der Waals surface area contributed by atoms with E-state index in [2.05, 4.69) is 17.1 Å². The minimum absolute atomic E-state index is 0.0187. The van der Waals surface area contributed by atoms with Crippen molar-refractivity contribution in [3.05, 3.63) is 62.3 Å². The minimum atomic E-state index is -1.05. The number of aromatic nitrogens is 3. The number of rotatable bonds is 4. The maximum Gasteiger partial charge on any atom is 0.278 e. The highest BCUT2D eigenvalue weighted by molar-refractivity contribution is 7.14. The molecule has 1 amide bonds. The third kappa shape index (κ3) is 3.85. The fourth-order valence-electron chi connectivity index (χ4n) is 4.74. The number of carbonyl (C=O) groups excluding carboxylic acids is 1. The lowest BCUT2D eigenvalue weighted by molar-refractivity contribution is 0.0498. The maximum atomic E-state index is 14.1. The predicted octanol–water partition coefficient (Wildman–Crippen LogP) is 3.25. The number of fused-ring (bicyclic) bond motifs is 3. The zero-order chi connectivity index (χ0) is 25.0. The van der Waals surface area contributed by atoms with Gasteiger partial charge >= 0.3 is 0 Å². The smallest absolute Gasteiger partial charge is 0.278 e. The molecule has 1 fully saturated rings. The van der Waals surface area contributed by atoms with Crippen molar-refractivity contribution in [3.8, 4) is 16.3 Å². The highest BCUT2D eigenvalue weighted by atomic mass is 32.1. The molecule has 0 spiro atoms. The van der Waals surface area contributed by atoms with Crippen LogP contribution in [-0.2, 0) is 6.42 Å². The highest BCUT2D eigenvalue weighted by Gasteiger charge is 2.42. The van der Waals surface area contributed by atoms with Gasteiger partial charge in [-0.1, -0.05) is 18.3 Å². The monoisotopic (exact) mass is 505 g/mol. The van der Waals surface area contributed by atoms with Crippen LogP contribution in [0, 0.1) is 23.4 Å². The number of carbonyl (C=O) groups is 1. The molecule has 0 aliphatic carbocycles. The van der Waals surface area contributed by atoms with Crippen molar-refractivity contribution in [2.45, 2.75) is 39.3 Å². The Kier molecular flexibility index (Phi) is 5.78. The van der Waals surface area contributed by atoms with Gasteiger partial charge in [0.1, 0.15) is 28.6 Å². The summed E-state index contributed by atoms with van der Waals surface area (Å²) in [7, 11) is 0. The van der Waals surface area contributed by atoms with Crippen LogP contribution < -0.4 is 10.4 Å². The van der Waals surface area contributed by atoms with Gasteiger partial charge in [-0.05, 0) is 25.7 Å². The molecule has 8 nitrogen and oxygen atoms in total. The molecule has 1 saturated heterocycles. The summed E-state index contributed by atoms with van der Waals surface area (Å²) in [6.45, 7) is 5.02. The first-order valence-electron chi connectivity index (χ1n) is 11.2. The Morgan fingerprint density at radius 2 is 1.89 bits per heavy atom. The fraction of sp³-hybridized carbons (Fsp3) is 0.391. The summed E-state index contributed by atoms with van der Waals surface area (Å²) in [4.78, 5) is 27.9. The zero-order valence-electron chi connectivity index (χ0n) is 19.0. The average Bonchev–Trinajstić information content (AvgIpc) is 3.26. The van der Waals surface area contributed by atoms with E-state index in [0.29, 0.717) is 31.1 Å². The van der Waals surface area contributed by atoms with Gasteiger partial charge in [0.05, 0.1) is 5.56 Å². The Hall–Kier alpha value is -3.41. The molecule has 1 N–H and O–H groups in total. The van der Waals surface area contributed by atoms with E-state index in [1.165, 1.54) is 10.9 Å². The van der Waals surface area contributed by atoms with Gasteiger partial charge in [0.25, 0.3) is 5.91 Å². The molecule has 2 atom stereocenters. The van der Waals surface area contributed by atoms with Crippen LogP contribution in [0.4, 0.5) is 13.2 Å². The summed E-state index contributed by atoms with van der Waals surface area (Å²) in [6.07, 6.45) is 2.59. The molecule has 0 bridgehead atoms. The van der Waals surface area contributed by atoms with Crippen molar-refractivity contribution >= 4 is 17.2 Å². The molecule has 35 heavy (non-hydrogen) atoms. The molecule has 184 valence electrons. The highest BCUT2D eigenvalue weighted by Crippen LogP contribution is 2.34. The van der Waals surface area contributed by atoms with Crippen LogP contribution in [0.25, 0.3) is 10.6 Å². The number of hydrogen-bond acceptors (Lipinski definition) is 7. The molecule has 5 rings (SSSR count). The van der Waals surface area contributed by atoms with Gasteiger partial charge in [-0.2, -0.15) is 0 Å². The summed E-state index contributed by atoms with van der Waals surface area (Å²) in [5.41, 5.74) is -1.24. The van der Waals surface area contributed by atoms with Crippen molar-refractivity contribution in [3.63, 3.8) is 0 Å². The molecular formula is C23H22F3N5O3S. The van der Waals surface area contributed by atoms with E-state index in [1.54, 1.807) is 4.90 Å². The van der Waals surface area contributed by atoms with E-state index in [1.807, 2.05) is 11.9 Å². The third-order valence-electron chi connectivity index (χ3n) is 6.54. The number of nitrogens with zero attached hydrogens (tertiary/aromatic N) is 5. The predicted molar refractivity (Wildman–Crippen MR) is 122 cm³/mol. The van der Waals surface area contributed by atoms with Crippen LogP contribution in [0.15, 0.2) is 23.1 Å². The van der Waals surface area contributed by atoms with E-state index < -0.39 is 34.5 Å². The lowest BCUT2D eigenvalue weighted by atomic mass is 9.95. The summed E-state index contributed by atoms with van der Waals surface area (Å²) >= 11 is 0.924. The Labute approximate surface area is 202 Å². The second kappa shape index (κ2) is 8.67. The molecule has 12 heteroatoms. The van der Waals surface area contributed by atoms with Gasteiger partial charge in [-0.25, -0.2) is 13.2 Å². The number of aromatic hydroxyl groups is 1. The molecule has 0 radical (unpaired) electrons. The molecule has 0 unspecified atom stereocenters. The van der Waals surface area contributed by atoms with Gasteiger partial charge < -0.3 is 10.0 Å². The van der Waals surface area contributed by atoms with Gasteiger partial charge in [0.2, 0.25) is 5.43 Å². The van der Waals surface area contributed by atoms with E-state index in [-0.39, 0.29) is 39.4 Å². The summed E-state index contributed by atoms with van der Waals surface area (Å²) in [5.74, 6) is -3.82. The van der Waals surface area contributed by atoms with Crippen molar-refractivity contribution in [1.29, 1.82) is 0 Å². The van der Waals surface area contributed by atoms with Gasteiger partial charge in [-0.3, -0.25) is 19.3 Å². The van der Waals surface area contributed by atoms with Crippen molar-refractivity contribution in [1.82, 2.24) is 19.8 Å². The van der Waals surface area contributed by atoms with Crippen molar-refractivity contribution in [2.75, 3.05) is 18.1 Å². The molecule has 1 aromatic carbocycles. The SMILES string of the molecule is CCN1C(=O)c2c(O)c(=O)c(-c3nnc(Cc4c(F)cc(F)cc4F)s3)cn2N2CC[C@H](C)C[C@@H]12. The second-order valence-corrected chi connectivity index (χ2v) is 9.87. The van der Waals surface area contributed by atoms with E-state index in [4.69, 9.17) is 0 Å². The standard InChI is InChI=1S/C23H22F3N5O3S/c1-3-29-18-6-11(2)4-5-30(18)31-10-14(20(32)21(33)19(31)23(29)34)22-28-27-17(35-22)9-13-15(25)7-12(24)8-16(13)26/h7-8,10-11,18,33H,3-6,9H2,1-2H3/t11-,18-/m0/s1. The van der Waals surface area contributed by atoms with E-state index in [9.17, 15) is 27.9 Å². The Bertz CT molecular complexity index is 1370. The Balaban J connectivity index is 1.56. The molecule has 4 heterocycles. The summed E-state index contributed by atoms with van der Waals surface area (Å²) in [5, 5.41) is 21.0. The molecule has 3 aromatic rings. The van der Waals surface area contributed by atoms with Crippen LogP contribution >= 0.6 is 11.3 Å². The quantitative estimate of drug-likeness (QED) is 0.586. The maximum absolute atomic E-state index is 14.1. The second-order valence-electron chi connectivity index (χ2n) is 8.80. The van der Waals surface area contributed by atoms with Crippen LogP contribution in [0.5, 0.6) is 5.75 Å². The van der Waals surface area contributed by atoms with Crippen LogP contribution in [0.2, 0.25) is 0 Å². The van der Waals surface area contributed by atoms with Gasteiger partial charge in [-0.15, -0.1) is 10.2 Å². The number of halogens is 3. The summed E-state index contributed by atoms with van der Waals surface area (Å²) < 4.78 is 42.9. The Morgan fingerprint density at radius 1 is 1.17 bits per heavy atom. The third-order valence-corrected chi connectivity index (χ3v) is 7.50. The Morgan fingerprint density at radius 3 is 2.57 bits per heavy atom. The van der Waals surface area contributed by atoms with Gasteiger partial charge in [0, 0.05) is 43.4 Å². The lowest BCUT2D eigenvalue weighted by Gasteiger charge is -2.50. The molecular weight excluding hydrogens is 483 g/mol. The number of piperidine rings is 1.